The Kier molecular flexibility index (Phi) is 4.79. The van der Waals surface area contributed by atoms with Gasteiger partial charge in [-0.05, 0) is 25.0 Å². The van der Waals surface area contributed by atoms with Gasteiger partial charge in [0.2, 0.25) is 0 Å². The summed E-state index contributed by atoms with van der Waals surface area (Å²) in [5, 5.41) is 0.543. The van der Waals surface area contributed by atoms with E-state index in [9.17, 15) is 9.59 Å². The lowest BCUT2D eigenvalue weighted by molar-refractivity contribution is 0.483. The van der Waals surface area contributed by atoms with E-state index in [0.717, 1.165) is 25.0 Å². The number of halogens is 1. The Labute approximate surface area is 121 Å². The highest BCUT2D eigenvalue weighted by Crippen LogP contribution is 2.37. The first-order chi connectivity index (χ1) is 9.10. The highest BCUT2D eigenvalue weighted by Gasteiger charge is 2.31. The number of hydrogen-bond donors (Lipinski definition) is 1. The van der Waals surface area contributed by atoms with Gasteiger partial charge in [0, 0.05) is 5.25 Å². The van der Waals surface area contributed by atoms with Gasteiger partial charge >= 0.3 is 5.69 Å². The van der Waals surface area contributed by atoms with Crippen molar-refractivity contribution in [3.05, 3.63) is 31.6 Å². The van der Waals surface area contributed by atoms with Gasteiger partial charge in [-0.1, -0.05) is 31.9 Å². The van der Waals surface area contributed by atoms with Crippen molar-refractivity contribution < 1.29 is 0 Å². The molecule has 0 aliphatic heterocycles. The smallest absolute Gasteiger partial charge is 0.297 e. The number of hydrogen-bond acceptors (Lipinski definition) is 3. The molecule has 1 aromatic heterocycles. The average molecular weight is 303 g/mol. The predicted molar refractivity (Wildman–Crippen MR) is 80.5 cm³/mol. The third-order valence-corrected chi connectivity index (χ3v) is 5.29. The summed E-state index contributed by atoms with van der Waals surface area (Å²) in [7, 11) is 0. The molecule has 0 radical (unpaired) electrons. The molecule has 0 spiro atoms. The van der Waals surface area contributed by atoms with Crippen LogP contribution in [0.4, 0.5) is 0 Å². The lowest BCUT2D eigenvalue weighted by Crippen LogP contribution is -2.41. The van der Waals surface area contributed by atoms with Crippen molar-refractivity contribution in [2.75, 3.05) is 5.75 Å². The molecule has 1 N–H and O–H groups in total. The van der Waals surface area contributed by atoms with E-state index >= 15 is 0 Å². The molecule has 19 heavy (non-hydrogen) atoms. The number of thioether (sulfide) groups is 1. The zero-order valence-electron chi connectivity index (χ0n) is 11.2. The van der Waals surface area contributed by atoms with Crippen LogP contribution in [0.3, 0.4) is 0 Å². The molecular formula is C13H19ClN2O2S. The molecule has 1 fully saturated rings. The normalized spacial score (nSPS) is 22.9. The van der Waals surface area contributed by atoms with E-state index in [1.54, 1.807) is 0 Å². The van der Waals surface area contributed by atoms with E-state index in [-0.39, 0.29) is 22.4 Å². The van der Waals surface area contributed by atoms with Crippen LogP contribution in [-0.2, 0) is 6.42 Å². The maximum Gasteiger partial charge on any atom is 0.329 e. The third-order valence-electron chi connectivity index (χ3n) is 3.66. The number of aromatic nitrogens is 2. The zero-order chi connectivity index (χ0) is 14.0. The van der Waals surface area contributed by atoms with Crippen LogP contribution >= 0.6 is 23.4 Å². The van der Waals surface area contributed by atoms with Gasteiger partial charge < -0.3 is 0 Å². The fraction of sp³-hybridized carbons (Fsp3) is 0.692. The van der Waals surface area contributed by atoms with E-state index in [1.165, 1.54) is 4.57 Å². The number of nitrogens with one attached hydrogen (secondary N) is 1. The topological polar surface area (TPSA) is 54.9 Å². The van der Waals surface area contributed by atoms with Crippen LogP contribution in [-0.4, -0.2) is 20.6 Å². The maximum absolute atomic E-state index is 12.4. The summed E-state index contributed by atoms with van der Waals surface area (Å²) in [6.45, 7) is 3.98. The Morgan fingerprint density at radius 3 is 2.74 bits per heavy atom. The molecule has 6 heteroatoms. The molecule has 0 saturated heterocycles. The fourth-order valence-corrected chi connectivity index (χ4v) is 4.32. The standard InChI is InChI=1S/C13H19ClN2O2S/c1-3-8-11(14)15-13(18)16(12(8)17)9-6-5-7-10(9)19-4-2/h9-10H,3-7H2,1-2H3,(H,15,18). The van der Waals surface area contributed by atoms with Crippen LogP contribution in [0.15, 0.2) is 9.59 Å². The molecule has 106 valence electrons. The molecule has 2 unspecified atom stereocenters. The van der Waals surface area contributed by atoms with Crippen LogP contribution in [0.1, 0.15) is 44.7 Å². The van der Waals surface area contributed by atoms with Gasteiger partial charge in [-0.3, -0.25) is 14.3 Å². The first kappa shape index (κ1) is 14.7. The van der Waals surface area contributed by atoms with Crippen molar-refractivity contribution in [1.82, 2.24) is 9.55 Å². The molecule has 1 heterocycles. The minimum atomic E-state index is -0.374. The molecule has 2 rings (SSSR count). The van der Waals surface area contributed by atoms with E-state index in [4.69, 9.17) is 11.6 Å². The van der Waals surface area contributed by atoms with Gasteiger partial charge in [0.1, 0.15) is 5.15 Å². The molecular weight excluding hydrogens is 284 g/mol. The van der Waals surface area contributed by atoms with Crippen LogP contribution < -0.4 is 11.2 Å². The second kappa shape index (κ2) is 6.18. The summed E-state index contributed by atoms with van der Waals surface area (Å²) in [4.78, 5) is 27.1. The fourth-order valence-electron chi connectivity index (χ4n) is 2.78. The second-order valence-electron chi connectivity index (χ2n) is 4.74. The van der Waals surface area contributed by atoms with Gasteiger partial charge in [-0.2, -0.15) is 11.8 Å². The molecule has 2 atom stereocenters. The zero-order valence-corrected chi connectivity index (χ0v) is 12.8. The molecule has 0 amide bonds. The quantitative estimate of drug-likeness (QED) is 0.870. The Morgan fingerprint density at radius 2 is 2.11 bits per heavy atom. The highest BCUT2D eigenvalue weighted by atomic mass is 35.5. The van der Waals surface area contributed by atoms with Crippen LogP contribution in [0.5, 0.6) is 0 Å². The van der Waals surface area contributed by atoms with Gasteiger partial charge in [0.05, 0.1) is 11.6 Å². The van der Waals surface area contributed by atoms with E-state index in [1.807, 2.05) is 18.7 Å². The summed E-state index contributed by atoms with van der Waals surface area (Å²) < 4.78 is 1.39. The molecule has 1 aromatic rings. The molecule has 4 nitrogen and oxygen atoms in total. The van der Waals surface area contributed by atoms with E-state index in [0.29, 0.717) is 17.2 Å². The maximum atomic E-state index is 12.4. The van der Waals surface area contributed by atoms with Crippen LogP contribution in [0.25, 0.3) is 0 Å². The summed E-state index contributed by atoms with van der Waals surface area (Å²) >= 11 is 7.77. The Balaban J connectivity index is 2.50. The molecule has 0 aromatic carbocycles. The Bertz CT molecular complexity index is 567. The first-order valence-corrected chi connectivity index (χ1v) is 8.17. The van der Waals surface area contributed by atoms with Gasteiger partial charge in [-0.25, -0.2) is 4.79 Å². The minimum absolute atomic E-state index is 0.00349. The number of H-pyrrole nitrogens is 1. The number of aromatic amines is 1. The summed E-state index contributed by atoms with van der Waals surface area (Å²) in [6.07, 6.45) is 3.57. The van der Waals surface area contributed by atoms with Crippen molar-refractivity contribution in [2.24, 2.45) is 0 Å². The van der Waals surface area contributed by atoms with Crippen LogP contribution in [0, 0.1) is 0 Å². The minimum Gasteiger partial charge on any atom is -0.297 e. The summed E-state index contributed by atoms with van der Waals surface area (Å²) in [6, 6.07) is 0.00349. The monoisotopic (exact) mass is 302 g/mol. The Morgan fingerprint density at radius 1 is 1.37 bits per heavy atom. The largest absolute Gasteiger partial charge is 0.329 e. The highest BCUT2D eigenvalue weighted by molar-refractivity contribution is 7.99. The third kappa shape index (κ3) is 2.77. The summed E-state index contributed by atoms with van der Waals surface area (Å²) in [5.41, 5.74) is -0.0842. The summed E-state index contributed by atoms with van der Waals surface area (Å²) in [5.74, 6) is 1.00. The van der Waals surface area contributed by atoms with Crippen LogP contribution in [0.2, 0.25) is 5.15 Å². The van der Waals surface area contributed by atoms with Crippen molar-refractivity contribution in [3.63, 3.8) is 0 Å². The average Bonchev–Trinajstić information content (AvgIpc) is 2.78. The lowest BCUT2D eigenvalue weighted by atomic mass is 10.2. The van der Waals surface area contributed by atoms with Crippen molar-refractivity contribution in [2.45, 2.75) is 50.8 Å². The Hall–Kier alpha value is -0.680. The van der Waals surface area contributed by atoms with Crippen molar-refractivity contribution in [1.29, 1.82) is 0 Å². The molecule has 1 aliphatic carbocycles. The lowest BCUT2D eigenvalue weighted by Gasteiger charge is -2.21. The SMILES string of the molecule is CCSC1CCCC1n1c(=O)[nH]c(Cl)c(CC)c1=O. The van der Waals surface area contributed by atoms with Crippen molar-refractivity contribution in [3.8, 4) is 0 Å². The molecule has 0 bridgehead atoms. The number of nitrogens with zero attached hydrogens (tertiary/aromatic N) is 1. The van der Waals surface area contributed by atoms with Gasteiger partial charge in [0.25, 0.3) is 5.56 Å². The second-order valence-corrected chi connectivity index (χ2v) is 6.64. The molecule has 1 saturated carbocycles. The molecule has 1 aliphatic rings. The number of rotatable bonds is 4. The predicted octanol–water partition coefficient (Wildman–Crippen LogP) is 2.60. The first-order valence-electron chi connectivity index (χ1n) is 6.74. The van der Waals surface area contributed by atoms with E-state index in [2.05, 4.69) is 11.9 Å². The van der Waals surface area contributed by atoms with Gasteiger partial charge in [0.15, 0.2) is 0 Å². The van der Waals surface area contributed by atoms with Gasteiger partial charge in [-0.15, -0.1) is 0 Å². The van der Waals surface area contributed by atoms with Crippen molar-refractivity contribution >= 4 is 23.4 Å². The van der Waals surface area contributed by atoms with E-state index < -0.39 is 0 Å².